The number of fused-ring (bicyclic) bond motifs is 1. The van der Waals surface area contributed by atoms with Crippen molar-refractivity contribution in [2.45, 2.75) is 11.4 Å². The van der Waals surface area contributed by atoms with E-state index in [0.717, 1.165) is 23.8 Å². The minimum absolute atomic E-state index is 0.137. The van der Waals surface area contributed by atoms with Gasteiger partial charge in [-0.2, -0.15) is 0 Å². The Bertz CT molecular complexity index is 1040. The molecule has 11 heteroatoms. The van der Waals surface area contributed by atoms with Crippen LogP contribution in [0.4, 0.5) is 21.9 Å². The maximum atomic E-state index is 12.7. The number of amides is 2. The predicted molar refractivity (Wildman–Crippen MR) is 97.4 cm³/mol. The number of non-ortho nitro benzene ring substituents is 1. The Morgan fingerprint density at radius 1 is 1.26 bits per heavy atom. The summed E-state index contributed by atoms with van der Waals surface area (Å²) >= 11 is 0. The molecule has 27 heavy (non-hydrogen) atoms. The number of anilines is 2. The molecule has 1 aliphatic rings. The zero-order chi connectivity index (χ0) is 19.8. The number of nitrogens with one attached hydrogen (secondary N) is 2. The van der Waals surface area contributed by atoms with E-state index in [1.54, 1.807) is 19.2 Å². The minimum Gasteiger partial charge on any atom is -0.495 e. The molecule has 0 atom stereocenters. The second-order valence-electron chi connectivity index (χ2n) is 5.86. The van der Waals surface area contributed by atoms with Gasteiger partial charge in [0.1, 0.15) is 10.6 Å². The number of benzene rings is 2. The fourth-order valence-corrected chi connectivity index (χ4v) is 3.85. The third-order valence-electron chi connectivity index (χ3n) is 4.00. The highest BCUT2D eigenvalue weighted by atomic mass is 32.2. The van der Waals surface area contributed by atoms with Crippen LogP contribution in [-0.2, 0) is 16.6 Å². The number of rotatable bonds is 5. The summed E-state index contributed by atoms with van der Waals surface area (Å²) in [5.41, 5.74) is 1.36. The van der Waals surface area contributed by atoms with Gasteiger partial charge < -0.3 is 15.0 Å². The van der Waals surface area contributed by atoms with Crippen LogP contribution in [-0.4, -0.2) is 38.4 Å². The van der Waals surface area contributed by atoms with E-state index in [2.05, 4.69) is 10.0 Å². The molecule has 2 N–H and O–H groups in total. The number of nitro benzene ring substituents is 1. The monoisotopic (exact) mass is 392 g/mol. The molecule has 0 bridgehead atoms. The summed E-state index contributed by atoms with van der Waals surface area (Å²) in [5, 5.41) is 13.6. The number of carbonyl (C=O) groups is 1. The Kier molecular flexibility index (Phi) is 4.62. The first-order chi connectivity index (χ1) is 12.7. The van der Waals surface area contributed by atoms with Gasteiger partial charge in [0.25, 0.3) is 15.7 Å². The first kappa shape index (κ1) is 18.5. The highest BCUT2D eigenvalue weighted by Crippen LogP contribution is 2.31. The van der Waals surface area contributed by atoms with Crippen molar-refractivity contribution in [3.63, 3.8) is 0 Å². The number of methoxy groups -OCH3 is 1. The van der Waals surface area contributed by atoms with Crippen molar-refractivity contribution < 1.29 is 22.9 Å². The number of urea groups is 1. The second kappa shape index (κ2) is 6.76. The normalized spacial score (nSPS) is 13.6. The van der Waals surface area contributed by atoms with Crippen LogP contribution >= 0.6 is 0 Å². The lowest BCUT2D eigenvalue weighted by molar-refractivity contribution is -0.385. The highest BCUT2D eigenvalue weighted by molar-refractivity contribution is 7.92. The van der Waals surface area contributed by atoms with Crippen molar-refractivity contribution in [1.82, 2.24) is 4.90 Å². The molecule has 142 valence electrons. The Morgan fingerprint density at radius 2 is 2.00 bits per heavy atom. The van der Waals surface area contributed by atoms with Gasteiger partial charge in [-0.3, -0.25) is 14.8 Å². The lowest BCUT2D eigenvalue weighted by atomic mass is 10.1. The number of hydrogen-bond donors (Lipinski definition) is 2. The quantitative estimate of drug-likeness (QED) is 0.593. The van der Waals surface area contributed by atoms with E-state index < -0.39 is 14.9 Å². The lowest BCUT2D eigenvalue weighted by Crippen LogP contribution is -2.35. The average Bonchev–Trinajstić information content (AvgIpc) is 2.62. The second-order valence-corrected chi connectivity index (χ2v) is 7.51. The fourth-order valence-electron chi connectivity index (χ4n) is 2.65. The SMILES string of the molecule is COc1cc([N+](=O)[O-])ccc1S(=O)(=O)Nc1ccc2c(c1)CN(C)C(=O)N2. The summed E-state index contributed by atoms with van der Waals surface area (Å²) in [5.74, 6) is -0.137. The summed E-state index contributed by atoms with van der Waals surface area (Å²) in [6.07, 6.45) is 0. The molecule has 0 aromatic heterocycles. The van der Waals surface area contributed by atoms with Gasteiger partial charge in [-0.1, -0.05) is 0 Å². The van der Waals surface area contributed by atoms with Crippen LogP contribution in [0.25, 0.3) is 0 Å². The molecule has 0 spiro atoms. The Morgan fingerprint density at radius 3 is 2.67 bits per heavy atom. The first-order valence-corrected chi connectivity index (χ1v) is 9.20. The molecule has 0 unspecified atom stereocenters. The molecule has 2 amide bonds. The van der Waals surface area contributed by atoms with Crippen molar-refractivity contribution in [2.24, 2.45) is 0 Å². The Labute approximate surface area is 154 Å². The molecule has 10 nitrogen and oxygen atoms in total. The number of ether oxygens (including phenoxy) is 1. The van der Waals surface area contributed by atoms with Crippen LogP contribution in [0.3, 0.4) is 0 Å². The standard InChI is InChI=1S/C16H16N4O6S/c1-19-9-10-7-11(3-5-13(10)17-16(19)21)18-27(24,25)15-6-4-12(20(22)23)8-14(15)26-2/h3-8,18H,9H2,1-2H3,(H,17,21). The molecule has 2 aromatic carbocycles. The number of nitrogens with zero attached hydrogens (tertiary/aromatic N) is 2. The Balaban J connectivity index is 1.93. The number of carbonyl (C=O) groups excluding carboxylic acids is 1. The van der Waals surface area contributed by atoms with Crippen LogP contribution in [0.5, 0.6) is 5.75 Å². The summed E-state index contributed by atoms with van der Waals surface area (Å²) in [7, 11) is -1.19. The van der Waals surface area contributed by atoms with Crippen LogP contribution in [0.15, 0.2) is 41.3 Å². The van der Waals surface area contributed by atoms with Crippen molar-refractivity contribution in [3.8, 4) is 5.75 Å². The molecule has 0 saturated carbocycles. The van der Waals surface area contributed by atoms with Crippen molar-refractivity contribution >= 4 is 33.1 Å². The predicted octanol–water partition coefficient (Wildman–Crippen LogP) is 2.38. The van der Waals surface area contributed by atoms with Gasteiger partial charge in [0.15, 0.2) is 0 Å². The smallest absolute Gasteiger partial charge is 0.321 e. The van der Waals surface area contributed by atoms with Crippen LogP contribution < -0.4 is 14.8 Å². The molecule has 1 aliphatic heterocycles. The van der Waals surface area contributed by atoms with Gasteiger partial charge in [0, 0.05) is 31.0 Å². The van der Waals surface area contributed by atoms with Crippen molar-refractivity contribution in [1.29, 1.82) is 0 Å². The van der Waals surface area contributed by atoms with Crippen molar-refractivity contribution in [3.05, 3.63) is 52.1 Å². The molecule has 2 aromatic rings. The minimum atomic E-state index is -4.05. The van der Waals surface area contributed by atoms with Crippen molar-refractivity contribution in [2.75, 3.05) is 24.2 Å². The number of sulfonamides is 1. The summed E-state index contributed by atoms with van der Waals surface area (Å²) in [6.45, 7) is 0.331. The maximum Gasteiger partial charge on any atom is 0.321 e. The van der Waals surface area contributed by atoms with E-state index in [0.29, 0.717) is 17.9 Å². The maximum absolute atomic E-state index is 12.7. The number of nitro groups is 1. The topological polar surface area (TPSA) is 131 Å². The van der Waals surface area contributed by atoms with Gasteiger partial charge >= 0.3 is 6.03 Å². The highest BCUT2D eigenvalue weighted by Gasteiger charge is 2.24. The van der Waals surface area contributed by atoms with E-state index in [4.69, 9.17) is 4.74 Å². The average molecular weight is 392 g/mol. The summed E-state index contributed by atoms with van der Waals surface area (Å²) in [4.78, 5) is 23.1. The molecule has 0 aliphatic carbocycles. The summed E-state index contributed by atoms with van der Waals surface area (Å²) < 4.78 is 32.8. The first-order valence-electron chi connectivity index (χ1n) is 7.71. The van der Waals surface area contributed by atoms with Crippen LogP contribution in [0.1, 0.15) is 5.56 Å². The van der Waals surface area contributed by atoms with Gasteiger partial charge in [-0.05, 0) is 29.8 Å². The zero-order valence-electron chi connectivity index (χ0n) is 14.4. The molecule has 1 heterocycles. The fraction of sp³-hybridized carbons (Fsp3) is 0.188. The molecular weight excluding hydrogens is 376 g/mol. The van der Waals surface area contributed by atoms with E-state index in [-0.39, 0.29) is 22.4 Å². The lowest BCUT2D eigenvalue weighted by Gasteiger charge is -2.26. The van der Waals surface area contributed by atoms with E-state index in [9.17, 15) is 23.3 Å². The summed E-state index contributed by atoms with van der Waals surface area (Å²) in [6, 6.07) is 7.74. The molecule has 0 radical (unpaired) electrons. The third kappa shape index (κ3) is 3.62. The zero-order valence-corrected chi connectivity index (χ0v) is 15.2. The van der Waals surface area contributed by atoms with Crippen LogP contribution in [0.2, 0.25) is 0 Å². The molecule has 3 rings (SSSR count). The van der Waals surface area contributed by atoms with Gasteiger partial charge in [-0.15, -0.1) is 0 Å². The van der Waals surface area contributed by atoms with Gasteiger partial charge in [0.05, 0.1) is 18.1 Å². The van der Waals surface area contributed by atoms with Gasteiger partial charge in [0.2, 0.25) is 0 Å². The largest absolute Gasteiger partial charge is 0.495 e. The third-order valence-corrected chi connectivity index (χ3v) is 5.42. The molecule has 0 fully saturated rings. The van der Waals surface area contributed by atoms with Gasteiger partial charge in [-0.25, -0.2) is 13.2 Å². The van der Waals surface area contributed by atoms with E-state index >= 15 is 0 Å². The number of hydrogen-bond acceptors (Lipinski definition) is 6. The Hall–Kier alpha value is -3.34. The van der Waals surface area contributed by atoms with Crippen LogP contribution in [0, 0.1) is 10.1 Å². The molecular formula is C16H16N4O6S. The van der Waals surface area contributed by atoms with E-state index in [1.165, 1.54) is 18.1 Å². The van der Waals surface area contributed by atoms with E-state index in [1.807, 2.05) is 0 Å². The molecule has 0 saturated heterocycles.